The molecule has 2 unspecified atom stereocenters. The molecule has 8 atom stereocenters. The summed E-state index contributed by atoms with van der Waals surface area (Å²) in [7, 11) is -10.5. The van der Waals surface area contributed by atoms with Gasteiger partial charge < -0.3 is 55.6 Å². The number of aliphatic hydroxyl groups excluding tert-OH is 6. The molecule has 91 heavy (non-hydrogen) atoms. The summed E-state index contributed by atoms with van der Waals surface area (Å²) < 4.78 is 119. The molecule has 6 heterocycles. The van der Waals surface area contributed by atoms with E-state index in [9.17, 15) is 49.9 Å². The Kier molecular flexibility index (Phi) is 26.0. The first kappa shape index (κ1) is 70.1. The van der Waals surface area contributed by atoms with E-state index in [2.05, 4.69) is 79.0 Å². The van der Waals surface area contributed by atoms with Crippen molar-refractivity contribution in [1.29, 1.82) is 1.19 Å². The van der Waals surface area contributed by atoms with E-state index in [1.165, 1.54) is 36.4 Å². The number of hydrogen-bond donors (Lipinski definition) is 12. The molecule has 2 aliphatic rings. The average molecular weight is 1490 g/mol. The maximum absolute atomic E-state index is 13.3. The van der Waals surface area contributed by atoms with Crippen molar-refractivity contribution in [2.45, 2.75) is 71.9 Å². The van der Waals surface area contributed by atoms with E-state index in [1.807, 2.05) is 78.9 Å². The summed E-state index contributed by atoms with van der Waals surface area (Å²) in [5.41, 5.74) is 8.61. The molecule has 37 heteroatoms. The number of nitrogens with zero attached hydrogens (tertiary/aromatic N) is 9. The van der Waals surface area contributed by atoms with Gasteiger partial charge in [0.15, 0.2) is 29.5 Å². The van der Waals surface area contributed by atoms with Gasteiger partial charge in [-0.25, -0.2) is 14.5 Å². The number of fused-ring (bicyclic) bond motifs is 2. The van der Waals surface area contributed by atoms with E-state index in [4.69, 9.17) is 51.6 Å². The SMILES string of the molecule is Nc1nc(F)nc2c1ncn2[C@@H]1O[C@H](COP(=O)(O)O)C(O)[C@H]1O.O=S(=O)(O)c1cc(N=C=S)ccc1/C=C/c1ccc(N=C=S)cc1S(=O)(=O)O.O=c1c2ccccc2nc(/C=C/c2cccnc2)n1Cc1ccccc1.OCC1O[C@H](O)C[C@@H](O)[C@@H]1O.[2H]I([2H])S. The number of phosphoric ester groups is 1. The van der Waals surface area contributed by atoms with E-state index in [-0.39, 0.29) is 51.5 Å². The van der Waals surface area contributed by atoms with Crippen LogP contribution in [0.4, 0.5) is 21.6 Å². The van der Waals surface area contributed by atoms with Crippen molar-refractivity contribution >= 4 is 157 Å². The second-order valence-corrected chi connectivity index (χ2v) is 23.1. The number of isothiocyanates is 2. The Balaban J connectivity index is 0.000000199. The summed E-state index contributed by atoms with van der Waals surface area (Å²) in [6, 6.07) is 28.9. The Morgan fingerprint density at radius 3 is 1.99 bits per heavy atom. The number of benzene rings is 4. The second kappa shape index (κ2) is 33.7. The van der Waals surface area contributed by atoms with Gasteiger partial charge in [-0.3, -0.25) is 32.5 Å². The zero-order valence-electron chi connectivity index (χ0n) is 48.3. The summed E-state index contributed by atoms with van der Waals surface area (Å²) in [5.74, 6) is 0.409. The maximum atomic E-state index is 13.3. The van der Waals surface area contributed by atoms with Crippen LogP contribution in [0.2, 0.25) is 0 Å². The summed E-state index contributed by atoms with van der Waals surface area (Å²) in [6.07, 6.45) is 0.223. The van der Waals surface area contributed by atoms with Crippen LogP contribution in [0, 0.1) is 6.08 Å². The van der Waals surface area contributed by atoms with Gasteiger partial charge in [0.05, 0.1) is 64.8 Å². The molecule has 8 aromatic rings. The molecule has 0 saturated carbocycles. The van der Waals surface area contributed by atoms with Crippen molar-refractivity contribution < 1.29 is 89.3 Å². The predicted molar refractivity (Wildman–Crippen MR) is 350 cm³/mol. The van der Waals surface area contributed by atoms with Crippen LogP contribution in [-0.2, 0) is 45.3 Å². The molecule has 4 aromatic heterocycles. The first-order chi connectivity index (χ1) is 43.9. The Morgan fingerprint density at radius 2 is 1.43 bits per heavy atom. The van der Waals surface area contributed by atoms with Gasteiger partial charge in [0, 0.05) is 18.8 Å². The van der Waals surface area contributed by atoms with Gasteiger partial charge in [-0.1, -0.05) is 72.8 Å². The number of pyridine rings is 1. The number of anilines is 1. The molecule has 0 radical (unpaired) electrons. The van der Waals surface area contributed by atoms with Crippen LogP contribution in [0.3, 0.4) is 0 Å². The number of phosphoric acid groups is 1. The van der Waals surface area contributed by atoms with Crippen molar-refractivity contribution in [1.82, 2.24) is 34.1 Å². The number of nitrogens with two attached hydrogens (primary N) is 1. The predicted octanol–water partition coefficient (Wildman–Crippen LogP) is 4.64. The van der Waals surface area contributed by atoms with E-state index < -0.39 is 127 Å². The standard InChI is InChI=1S/C22H17N3O.C16H10N2O6S4.C10H13FN5O7P.C6H12O5.H3IS/c26-22-19-10-4-5-11-20(19)24-21(13-12-17-9-6-14-23-15-17)25(22)16-18-7-2-1-3-8-18;19-27(20,21)15-7-13(17-9-25)5-3-11(15)1-2-12-4-6-14(18-10-26)8-16(12)28(22,23)24;11-10-14-7(12)4-8(15-10)16(2-13-4)9-6(18)5(17)3(23-9)1-22-24(19,20)21;7-2-4-6(10)3(8)1-5(9)11-4;1-2/h1-15H,16H2;1-8H,(H,19,20,21)(H,22,23,24);2-3,5-6,9,17-18H,1H2,(H2,12,14,15)(H2,19,20,21);3-10H,1-2H2;2H,1H2/b13-12+;2-1+;;;/t;;3-,5?,6-,9-;3-,4?,5+,6+;/m..11./s1/i;;;;1D2. The van der Waals surface area contributed by atoms with Crippen molar-refractivity contribution in [3.05, 3.63) is 166 Å². The van der Waals surface area contributed by atoms with E-state index in [0.717, 1.165) is 34.2 Å². The number of aliphatic imine (C=N–C) groups is 2. The molecule has 0 bridgehead atoms. The van der Waals surface area contributed by atoms with Crippen LogP contribution in [0.25, 0.3) is 46.4 Å². The third kappa shape index (κ3) is 20.6. The third-order valence-electron chi connectivity index (χ3n) is 12.7. The number of aromatic nitrogens is 7. The molecule has 0 spiro atoms. The van der Waals surface area contributed by atoms with Crippen LogP contribution >= 0.6 is 62.9 Å². The summed E-state index contributed by atoms with van der Waals surface area (Å²) in [4.78, 5) is 56.3. The van der Waals surface area contributed by atoms with Gasteiger partial charge in [-0.15, -0.1) is 0 Å². The third-order valence-corrected chi connectivity index (χ3v) is 15.2. The topological polar surface area (TPSA) is 457 Å². The molecule has 2 saturated heterocycles. The van der Waals surface area contributed by atoms with Crippen molar-refractivity contribution in [3.8, 4) is 0 Å². The van der Waals surface area contributed by atoms with Crippen molar-refractivity contribution in [2.75, 3.05) is 18.9 Å². The van der Waals surface area contributed by atoms with E-state index >= 15 is 0 Å². The van der Waals surface area contributed by atoms with Crippen LogP contribution in [-0.4, -0.2) is 168 Å². The molecule has 4 aromatic carbocycles. The van der Waals surface area contributed by atoms with Crippen LogP contribution in [0.15, 0.2) is 146 Å². The number of ether oxygens (including phenoxy) is 2. The molecule has 29 nitrogen and oxygen atoms in total. The number of halogens is 2. The Hall–Kier alpha value is -6.78. The average Bonchev–Trinajstić information content (AvgIpc) is 1.70. The number of thiol groups is 1. The number of thiocarbonyl (C=S) groups is 2. The number of nitrogen functional groups attached to an aromatic ring is 1. The molecule has 12 N–H and O–H groups in total. The molecule has 0 amide bonds. The molecule has 0 aliphatic carbocycles. The number of hydrogen-bond acceptors (Lipinski definition) is 26. The van der Waals surface area contributed by atoms with Crippen molar-refractivity contribution in [2.24, 2.45) is 9.98 Å². The monoisotopic (exact) mass is 1490 g/mol. The summed E-state index contributed by atoms with van der Waals surface area (Å²) in [5, 5.41) is 60.4. The van der Waals surface area contributed by atoms with Gasteiger partial charge in [-0.05, 0) is 101 Å². The molecular formula is C54H55FIN10O19PS5. The first-order valence-corrected chi connectivity index (χ1v) is 34.2. The number of rotatable bonds is 15. The minimum absolute atomic E-state index is 0.0162. The fourth-order valence-corrected chi connectivity index (χ4v) is 10.5. The van der Waals surface area contributed by atoms with Gasteiger partial charge in [-0.2, -0.15) is 41.2 Å². The zero-order valence-corrected chi connectivity index (χ0v) is 53.5. The molecule has 2 aliphatic heterocycles. The minimum atomic E-state index is -4.78. The van der Waals surface area contributed by atoms with Gasteiger partial charge in [0.1, 0.15) is 46.1 Å². The normalized spacial score (nSPS) is 20.2. The molecule has 484 valence electrons. The summed E-state index contributed by atoms with van der Waals surface area (Å²) >= 11 is 6.84. The molecular weight excluding hydrogens is 1430 g/mol. The fraction of sp³-hybridized carbons (Fsp3) is 0.222. The Morgan fingerprint density at radius 1 is 0.824 bits per heavy atom. The van der Waals surface area contributed by atoms with Crippen LogP contribution in [0.1, 0.15) is 40.7 Å². The quantitative estimate of drug-likeness (QED) is 0.00971. The number of aliphatic hydroxyl groups is 6. The molecule has 2 fully saturated rings. The zero-order chi connectivity index (χ0) is 68.4. The number of imidazole rings is 1. The number of para-hydroxylation sites is 1. The van der Waals surface area contributed by atoms with Crippen LogP contribution < -0.4 is 11.3 Å². The fourth-order valence-electron chi connectivity index (χ4n) is 8.52. The van der Waals surface area contributed by atoms with Crippen molar-refractivity contribution in [3.63, 3.8) is 0 Å². The Bertz CT molecular complexity index is 4310. The summed E-state index contributed by atoms with van der Waals surface area (Å²) in [6.45, 7) is -0.601. The van der Waals surface area contributed by atoms with Gasteiger partial charge >= 0.3 is 45.7 Å². The van der Waals surface area contributed by atoms with E-state index in [0.29, 0.717) is 23.3 Å². The second-order valence-electron chi connectivity index (χ2n) is 18.8. The van der Waals surface area contributed by atoms with E-state index in [1.54, 1.807) is 17.0 Å². The molecule has 10 rings (SSSR count). The van der Waals surface area contributed by atoms with Gasteiger partial charge in [0.25, 0.3) is 25.8 Å². The Labute approximate surface area is 545 Å². The van der Waals surface area contributed by atoms with Crippen LogP contribution in [0.5, 0.6) is 0 Å². The first-order valence-electron chi connectivity index (χ1n) is 26.5. The van der Waals surface area contributed by atoms with Gasteiger partial charge in [0.2, 0.25) is 0 Å².